The number of fused-ring (bicyclic) bond motifs is 1. The van der Waals surface area contributed by atoms with Crippen LogP contribution in [0.5, 0.6) is 5.75 Å². The molecule has 0 atom stereocenters. The van der Waals surface area contributed by atoms with Gasteiger partial charge in [0.1, 0.15) is 17.9 Å². The van der Waals surface area contributed by atoms with Crippen molar-refractivity contribution in [3.63, 3.8) is 0 Å². The number of aromatic nitrogens is 1. The summed E-state index contributed by atoms with van der Waals surface area (Å²) in [6, 6.07) is 28.8. The van der Waals surface area contributed by atoms with Gasteiger partial charge >= 0.3 is 0 Å². The quantitative estimate of drug-likeness (QED) is 0.209. The second kappa shape index (κ2) is 11.5. The number of hydrogen-bond donors (Lipinski definition) is 2. The van der Waals surface area contributed by atoms with Gasteiger partial charge in [-0.1, -0.05) is 62.4 Å². The van der Waals surface area contributed by atoms with E-state index in [1.165, 1.54) is 5.56 Å². The van der Waals surface area contributed by atoms with Crippen LogP contribution in [0.25, 0.3) is 22.6 Å². The van der Waals surface area contributed by atoms with Crippen molar-refractivity contribution in [3.05, 3.63) is 113 Å². The summed E-state index contributed by atoms with van der Waals surface area (Å²) in [4.78, 5) is 17.6. The molecule has 0 saturated carbocycles. The van der Waals surface area contributed by atoms with Crippen molar-refractivity contribution < 1.29 is 13.9 Å². The highest BCUT2D eigenvalue weighted by molar-refractivity contribution is 7.80. The Kier molecular flexibility index (Phi) is 7.70. The molecule has 0 radical (unpaired) electrons. The van der Waals surface area contributed by atoms with Crippen LogP contribution in [-0.4, -0.2) is 16.0 Å². The lowest BCUT2D eigenvalue weighted by Crippen LogP contribution is -2.34. The van der Waals surface area contributed by atoms with Crippen molar-refractivity contribution in [2.24, 2.45) is 0 Å². The maximum Gasteiger partial charge on any atom is 0.257 e. The number of thiocarbonyl (C=S) groups is 1. The number of anilines is 1. The molecule has 1 amide bonds. The van der Waals surface area contributed by atoms with Gasteiger partial charge in [-0.05, 0) is 84.2 Å². The van der Waals surface area contributed by atoms with E-state index in [4.69, 9.17) is 26.4 Å². The lowest BCUT2D eigenvalue weighted by Gasteiger charge is -2.13. The molecule has 196 valence electrons. The van der Waals surface area contributed by atoms with Crippen LogP contribution in [0.1, 0.15) is 46.8 Å². The Bertz CT molecular complexity index is 1640. The summed E-state index contributed by atoms with van der Waals surface area (Å²) in [6.45, 7) is 6.68. The van der Waals surface area contributed by atoms with E-state index in [-0.39, 0.29) is 11.0 Å². The van der Waals surface area contributed by atoms with Crippen LogP contribution in [-0.2, 0) is 6.61 Å². The van der Waals surface area contributed by atoms with Gasteiger partial charge in [0.2, 0.25) is 5.89 Å². The van der Waals surface area contributed by atoms with Crippen LogP contribution in [0.3, 0.4) is 0 Å². The molecule has 5 rings (SSSR count). The van der Waals surface area contributed by atoms with E-state index in [9.17, 15) is 4.79 Å². The van der Waals surface area contributed by atoms with Crippen LogP contribution in [0, 0.1) is 6.92 Å². The number of benzene rings is 4. The number of carbonyl (C=O) groups excluding carboxylic acids is 1. The second-order valence-electron chi connectivity index (χ2n) is 9.64. The molecule has 1 aromatic heterocycles. The molecule has 0 unspecified atom stereocenters. The average molecular weight is 536 g/mol. The lowest BCUT2D eigenvalue weighted by atomic mass is 10.0. The zero-order valence-electron chi connectivity index (χ0n) is 22.0. The normalized spacial score (nSPS) is 11.0. The fourth-order valence-electron chi connectivity index (χ4n) is 4.11. The van der Waals surface area contributed by atoms with Crippen molar-refractivity contribution in [2.45, 2.75) is 33.3 Å². The van der Waals surface area contributed by atoms with Crippen LogP contribution in [0.15, 0.2) is 95.4 Å². The third kappa shape index (κ3) is 6.33. The average Bonchev–Trinajstić information content (AvgIpc) is 3.37. The molecule has 2 N–H and O–H groups in total. The van der Waals surface area contributed by atoms with Crippen molar-refractivity contribution in [2.75, 3.05) is 5.32 Å². The zero-order chi connectivity index (χ0) is 27.4. The number of oxazole rings is 1. The first-order valence-electron chi connectivity index (χ1n) is 12.8. The molecule has 0 aliphatic heterocycles. The Morgan fingerprint density at radius 3 is 2.59 bits per heavy atom. The number of aryl methyl sites for hydroxylation is 1. The van der Waals surface area contributed by atoms with Crippen molar-refractivity contribution in [1.82, 2.24) is 10.3 Å². The molecule has 0 bridgehead atoms. The minimum Gasteiger partial charge on any atom is -0.489 e. The lowest BCUT2D eigenvalue weighted by molar-refractivity contribution is 0.0977. The highest BCUT2D eigenvalue weighted by Gasteiger charge is 2.14. The van der Waals surface area contributed by atoms with Crippen molar-refractivity contribution >= 4 is 40.0 Å². The molecular formula is C32H29N3O3S. The topological polar surface area (TPSA) is 76.4 Å². The summed E-state index contributed by atoms with van der Waals surface area (Å²) in [5, 5.41) is 6.09. The van der Waals surface area contributed by atoms with E-state index in [1.54, 1.807) is 18.2 Å². The molecule has 0 aliphatic carbocycles. The molecule has 4 aromatic carbocycles. The molecule has 1 heterocycles. The summed E-state index contributed by atoms with van der Waals surface area (Å²) in [5.74, 6) is 1.21. The smallest absolute Gasteiger partial charge is 0.257 e. The third-order valence-corrected chi connectivity index (χ3v) is 6.59. The van der Waals surface area contributed by atoms with E-state index in [1.807, 2.05) is 67.6 Å². The molecule has 0 fully saturated rings. The number of ether oxygens (including phenoxy) is 1. The minimum absolute atomic E-state index is 0.190. The number of rotatable bonds is 7. The van der Waals surface area contributed by atoms with Crippen LogP contribution in [0.4, 0.5) is 5.69 Å². The fraction of sp³-hybridized carbons (Fsp3) is 0.156. The Morgan fingerprint density at radius 2 is 1.79 bits per heavy atom. The summed E-state index contributed by atoms with van der Waals surface area (Å²) in [7, 11) is 0. The van der Waals surface area contributed by atoms with E-state index >= 15 is 0 Å². The van der Waals surface area contributed by atoms with E-state index < -0.39 is 0 Å². The second-order valence-corrected chi connectivity index (χ2v) is 10.0. The van der Waals surface area contributed by atoms with Gasteiger partial charge in [-0.2, -0.15) is 0 Å². The van der Waals surface area contributed by atoms with Crippen molar-refractivity contribution in [1.29, 1.82) is 0 Å². The molecule has 5 aromatic rings. The molecule has 7 heteroatoms. The minimum atomic E-state index is -0.327. The van der Waals surface area contributed by atoms with Gasteiger partial charge in [-0.25, -0.2) is 4.98 Å². The first-order valence-corrected chi connectivity index (χ1v) is 13.2. The Balaban J connectivity index is 1.26. The third-order valence-electron chi connectivity index (χ3n) is 6.38. The number of amides is 1. The molecule has 0 aliphatic rings. The number of nitrogens with one attached hydrogen (secondary N) is 2. The maximum absolute atomic E-state index is 12.9. The summed E-state index contributed by atoms with van der Waals surface area (Å²) in [5.41, 5.74) is 6.79. The van der Waals surface area contributed by atoms with E-state index in [2.05, 4.69) is 36.6 Å². The first kappa shape index (κ1) is 26.1. The SMILES string of the molecule is Cc1ccc(-c2nc3cc(C(C)C)ccc3o2)cc1NC(=S)NC(=O)c1cccc(OCc2ccccc2)c1. The standard InChI is InChI=1S/C32H29N3O3S/c1-20(2)23-14-15-29-28(17-23)33-31(38-29)25-13-12-21(3)27(18-25)34-32(39)35-30(36)24-10-7-11-26(16-24)37-19-22-8-5-4-6-9-22/h4-18,20H,19H2,1-3H3,(H2,34,35,36,39). The molecule has 39 heavy (non-hydrogen) atoms. The fourth-order valence-corrected chi connectivity index (χ4v) is 4.32. The molecule has 0 spiro atoms. The predicted molar refractivity (Wildman–Crippen MR) is 159 cm³/mol. The Hall–Kier alpha value is -4.49. The maximum atomic E-state index is 12.9. The summed E-state index contributed by atoms with van der Waals surface area (Å²) < 4.78 is 11.9. The Morgan fingerprint density at radius 1 is 0.974 bits per heavy atom. The van der Waals surface area contributed by atoms with Crippen LogP contribution < -0.4 is 15.4 Å². The van der Waals surface area contributed by atoms with E-state index in [0.717, 1.165) is 33.5 Å². The largest absolute Gasteiger partial charge is 0.489 e. The first-order chi connectivity index (χ1) is 18.9. The van der Waals surface area contributed by atoms with Gasteiger partial charge in [0.15, 0.2) is 10.7 Å². The number of carbonyl (C=O) groups is 1. The summed E-state index contributed by atoms with van der Waals surface area (Å²) in [6.07, 6.45) is 0. The predicted octanol–water partition coefficient (Wildman–Crippen LogP) is 7.63. The summed E-state index contributed by atoms with van der Waals surface area (Å²) >= 11 is 5.46. The molecule has 0 saturated heterocycles. The highest BCUT2D eigenvalue weighted by Crippen LogP contribution is 2.29. The van der Waals surface area contributed by atoms with Crippen LogP contribution in [0.2, 0.25) is 0 Å². The van der Waals surface area contributed by atoms with Gasteiger partial charge in [-0.3, -0.25) is 10.1 Å². The Labute approximate surface area is 233 Å². The van der Waals surface area contributed by atoms with Gasteiger partial charge in [0.05, 0.1) is 0 Å². The zero-order valence-corrected chi connectivity index (χ0v) is 22.8. The monoisotopic (exact) mass is 535 g/mol. The number of hydrogen-bond acceptors (Lipinski definition) is 5. The van der Waals surface area contributed by atoms with Gasteiger partial charge in [-0.15, -0.1) is 0 Å². The molecule has 6 nitrogen and oxygen atoms in total. The highest BCUT2D eigenvalue weighted by atomic mass is 32.1. The van der Waals surface area contributed by atoms with Gasteiger partial charge < -0.3 is 14.5 Å². The van der Waals surface area contributed by atoms with Crippen LogP contribution >= 0.6 is 12.2 Å². The van der Waals surface area contributed by atoms with Gasteiger partial charge in [0, 0.05) is 16.8 Å². The van der Waals surface area contributed by atoms with E-state index in [0.29, 0.717) is 29.7 Å². The van der Waals surface area contributed by atoms with Crippen molar-refractivity contribution in [3.8, 4) is 17.2 Å². The number of nitrogens with zero attached hydrogens (tertiary/aromatic N) is 1. The van der Waals surface area contributed by atoms with Gasteiger partial charge in [0.25, 0.3) is 5.91 Å². The molecular weight excluding hydrogens is 506 g/mol.